The Hall–Kier alpha value is -0.570. The highest BCUT2D eigenvalue weighted by Gasteiger charge is 1.63. The number of hydrogen-bond acceptors (Lipinski definition) is 3. The molecule has 36 valence electrons. The maximum atomic E-state index is 7.73. The molecule has 6 heavy (non-hydrogen) atoms. The summed E-state index contributed by atoms with van der Waals surface area (Å²) in [5.74, 6) is 0. The zero-order valence-electron chi connectivity index (χ0n) is 3.68. The second kappa shape index (κ2) is 4.43. The molecular formula is C3H8N2O. The SMILES string of the molecule is CNC/C=N/O. The first-order valence-corrected chi connectivity index (χ1v) is 1.72. The summed E-state index contributed by atoms with van der Waals surface area (Å²) >= 11 is 0. The standard InChI is InChI=1S/C3H8N2O/c1-4-2-3-5-6/h3-4,6H,2H2,1H3/b5-3+. The van der Waals surface area contributed by atoms with Crippen molar-refractivity contribution in [2.24, 2.45) is 5.16 Å². The van der Waals surface area contributed by atoms with Crippen LogP contribution in [0.5, 0.6) is 0 Å². The first-order valence-electron chi connectivity index (χ1n) is 1.72. The van der Waals surface area contributed by atoms with Crippen LogP contribution in [0.3, 0.4) is 0 Å². The van der Waals surface area contributed by atoms with Crippen molar-refractivity contribution in [2.45, 2.75) is 0 Å². The molecule has 0 aromatic carbocycles. The van der Waals surface area contributed by atoms with Gasteiger partial charge in [-0.05, 0) is 7.05 Å². The molecular weight excluding hydrogens is 80.0 g/mol. The minimum atomic E-state index is 0.622. The van der Waals surface area contributed by atoms with Gasteiger partial charge in [0.25, 0.3) is 0 Å². The summed E-state index contributed by atoms with van der Waals surface area (Å²) in [6, 6.07) is 0. The van der Waals surface area contributed by atoms with Crippen LogP contribution in [0.25, 0.3) is 0 Å². The van der Waals surface area contributed by atoms with E-state index in [1.54, 1.807) is 7.05 Å². The fraction of sp³-hybridized carbons (Fsp3) is 0.667. The van der Waals surface area contributed by atoms with Crippen molar-refractivity contribution < 1.29 is 5.21 Å². The van der Waals surface area contributed by atoms with E-state index in [4.69, 9.17) is 5.21 Å². The first-order chi connectivity index (χ1) is 2.91. The molecule has 0 saturated carbocycles. The molecule has 0 aliphatic carbocycles. The van der Waals surface area contributed by atoms with Gasteiger partial charge >= 0.3 is 0 Å². The van der Waals surface area contributed by atoms with Crippen molar-refractivity contribution in [3.8, 4) is 0 Å². The molecule has 0 aromatic heterocycles. The molecule has 0 aliphatic heterocycles. The van der Waals surface area contributed by atoms with Crippen LogP contribution in [0.1, 0.15) is 0 Å². The summed E-state index contributed by atoms with van der Waals surface area (Å²) in [7, 11) is 1.78. The van der Waals surface area contributed by atoms with Gasteiger partial charge < -0.3 is 10.5 Å². The normalized spacial score (nSPS) is 10.2. The first kappa shape index (κ1) is 5.43. The Balaban J connectivity index is 2.66. The third kappa shape index (κ3) is 3.43. The van der Waals surface area contributed by atoms with Crippen molar-refractivity contribution in [3.05, 3.63) is 0 Å². The number of oxime groups is 1. The Morgan fingerprint density at radius 3 is 2.83 bits per heavy atom. The highest BCUT2D eigenvalue weighted by molar-refractivity contribution is 5.58. The van der Waals surface area contributed by atoms with Crippen LogP contribution in [0, 0.1) is 0 Å². The molecule has 0 rings (SSSR count). The van der Waals surface area contributed by atoms with Crippen LogP contribution in [-0.4, -0.2) is 25.0 Å². The van der Waals surface area contributed by atoms with Gasteiger partial charge in [0, 0.05) is 6.54 Å². The predicted octanol–water partition coefficient (Wildman–Crippen LogP) is -0.334. The van der Waals surface area contributed by atoms with Crippen molar-refractivity contribution in [2.75, 3.05) is 13.6 Å². The minimum Gasteiger partial charge on any atom is -0.411 e. The third-order valence-electron chi connectivity index (χ3n) is 0.377. The van der Waals surface area contributed by atoms with E-state index < -0.39 is 0 Å². The fourth-order valence-corrected chi connectivity index (χ4v) is 0.132. The number of nitrogens with zero attached hydrogens (tertiary/aromatic N) is 1. The average Bonchev–Trinajstić information content (AvgIpc) is 1.61. The molecule has 0 atom stereocenters. The van der Waals surface area contributed by atoms with Gasteiger partial charge in [-0.25, -0.2) is 0 Å². The van der Waals surface area contributed by atoms with Gasteiger partial charge in [-0.15, -0.1) is 5.16 Å². The van der Waals surface area contributed by atoms with Crippen LogP contribution in [0.4, 0.5) is 0 Å². The lowest BCUT2D eigenvalue weighted by Crippen LogP contribution is -2.07. The van der Waals surface area contributed by atoms with E-state index >= 15 is 0 Å². The fourth-order valence-electron chi connectivity index (χ4n) is 0.132. The second-order valence-electron chi connectivity index (χ2n) is 0.856. The molecule has 0 amide bonds. The molecule has 0 unspecified atom stereocenters. The summed E-state index contributed by atoms with van der Waals surface area (Å²) in [5, 5.41) is 13.2. The average molecular weight is 88.1 g/mol. The Bertz CT molecular complexity index is 44.1. The van der Waals surface area contributed by atoms with Gasteiger partial charge in [-0.3, -0.25) is 0 Å². The van der Waals surface area contributed by atoms with Crippen LogP contribution in [0.15, 0.2) is 5.16 Å². The van der Waals surface area contributed by atoms with E-state index in [1.165, 1.54) is 6.21 Å². The Morgan fingerprint density at radius 1 is 2.00 bits per heavy atom. The number of hydrogen-bond donors (Lipinski definition) is 2. The molecule has 0 radical (unpaired) electrons. The Labute approximate surface area is 36.7 Å². The van der Waals surface area contributed by atoms with E-state index in [0.29, 0.717) is 6.54 Å². The highest BCUT2D eigenvalue weighted by Crippen LogP contribution is 1.45. The Kier molecular flexibility index (Phi) is 4.01. The molecule has 0 fully saturated rings. The largest absolute Gasteiger partial charge is 0.411 e. The Morgan fingerprint density at radius 2 is 2.67 bits per heavy atom. The van der Waals surface area contributed by atoms with E-state index in [2.05, 4.69) is 10.5 Å². The summed E-state index contributed by atoms with van der Waals surface area (Å²) in [6.45, 7) is 0.622. The van der Waals surface area contributed by atoms with Gasteiger partial charge in [0.2, 0.25) is 0 Å². The molecule has 0 bridgehead atoms. The second-order valence-corrected chi connectivity index (χ2v) is 0.856. The number of rotatable bonds is 2. The van der Waals surface area contributed by atoms with Crippen LogP contribution < -0.4 is 5.32 Å². The summed E-state index contributed by atoms with van der Waals surface area (Å²) < 4.78 is 0. The molecule has 0 aliphatic rings. The maximum Gasteiger partial charge on any atom is 0.0573 e. The molecule has 3 heteroatoms. The van der Waals surface area contributed by atoms with Crippen LogP contribution >= 0.6 is 0 Å². The van der Waals surface area contributed by atoms with Gasteiger partial charge in [0.1, 0.15) is 0 Å². The maximum absolute atomic E-state index is 7.73. The van der Waals surface area contributed by atoms with E-state index in [-0.39, 0.29) is 0 Å². The van der Waals surface area contributed by atoms with Crippen LogP contribution in [0.2, 0.25) is 0 Å². The topological polar surface area (TPSA) is 44.6 Å². The van der Waals surface area contributed by atoms with Gasteiger partial charge in [0.05, 0.1) is 6.21 Å². The predicted molar refractivity (Wildman–Crippen MR) is 24.2 cm³/mol. The lowest BCUT2D eigenvalue weighted by atomic mass is 10.7. The van der Waals surface area contributed by atoms with E-state index in [1.807, 2.05) is 0 Å². The quantitative estimate of drug-likeness (QED) is 0.276. The summed E-state index contributed by atoms with van der Waals surface area (Å²) in [6.07, 6.45) is 1.38. The van der Waals surface area contributed by atoms with Crippen molar-refractivity contribution in [3.63, 3.8) is 0 Å². The van der Waals surface area contributed by atoms with Crippen molar-refractivity contribution in [1.82, 2.24) is 5.32 Å². The van der Waals surface area contributed by atoms with Gasteiger partial charge in [-0.1, -0.05) is 0 Å². The number of nitrogens with one attached hydrogen (secondary N) is 1. The third-order valence-corrected chi connectivity index (χ3v) is 0.377. The highest BCUT2D eigenvalue weighted by atomic mass is 16.4. The summed E-state index contributed by atoms with van der Waals surface area (Å²) in [5.41, 5.74) is 0. The molecule has 0 spiro atoms. The van der Waals surface area contributed by atoms with Crippen molar-refractivity contribution >= 4 is 6.21 Å². The molecule has 0 aromatic rings. The smallest absolute Gasteiger partial charge is 0.0573 e. The molecule has 2 N–H and O–H groups in total. The lowest BCUT2D eigenvalue weighted by Gasteiger charge is -1.80. The lowest BCUT2D eigenvalue weighted by molar-refractivity contribution is 0.320. The zero-order valence-corrected chi connectivity index (χ0v) is 3.68. The molecule has 0 saturated heterocycles. The molecule has 3 nitrogen and oxygen atoms in total. The van der Waals surface area contributed by atoms with Gasteiger partial charge in [0.15, 0.2) is 0 Å². The zero-order chi connectivity index (χ0) is 4.83. The van der Waals surface area contributed by atoms with Crippen molar-refractivity contribution in [1.29, 1.82) is 0 Å². The van der Waals surface area contributed by atoms with E-state index in [0.717, 1.165) is 0 Å². The van der Waals surface area contributed by atoms with Gasteiger partial charge in [-0.2, -0.15) is 0 Å². The monoisotopic (exact) mass is 88.1 g/mol. The molecule has 0 heterocycles. The summed E-state index contributed by atoms with van der Waals surface area (Å²) in [4.78, 5) is 0. The van der Waals surface area contributed by atoms with Crippen LogP contribution in [-0.2, 0) is 0 Å². The minimum absolute atomic E-state index is 0.622. The van der Waals surface area contributed by atoms with E-state index in [9.17, 15) is 0 Å².